The Kier molecular flexibility index (Phi) is 4.89. The summed E-state index contributed by atoms with van der Waals surface area (Å²) in [5.74, 6) is -0.134. The number of rotatable bonds is 6. The first-order chi connectivity index (χ1) is 11.7. The molecule has 1 aromatic carbocycles. The van der Waals surface area contributed by atoms with Gasteiger partial charge in [-0.1, -0.05) is 19.1 Å². The summed E-state index contributed by atoms with van der Waals surface area (Å²) in [6, 6.07) is 11.1. The van der Waals surface area contributed by atoms with E-state index in [1.54, 1.807) is 30.5 Å². The average molecular weight is 323 g/mol. The van der Waals surface area contributed by atoms with Crippen LogP contribution < -0.4 is 10.6 Å². The van der Waals surface area contributed by atoms with Crippen molar-refractivity contribution in [1.29, 1.82) is 0 Å². The maximum Gasteiger partial charge on any atom is 0.251 e. The largest absolute Gasteiger partial charge is 0.352 e. The van der Waals surface area contributed by atoms with Crippen LogP contribution in [0.25, 0.3) is 11.3 Å². The minimum absolute atomic E-state index is 0.0373. The van der Waals surface area contributed by atoms with Gasteiger partial charge in [-0.05, 0) is 43.5 Å². The second kappa shape index (κ2) is 7.25. The molecule has 1 aromatic heterocycles. The number of hydrogen-bond donors (Lipinski definition) is 2. The number of carbonyl (C=O) groups excluding carboxylic acids is 2. The molecule has 5 nitrogen and oxygen atoms in total. The summed E-state index contributed by atoms with van der Waals surface area (Å²) in [4.78, 5) is 28.4. The molecule has 5 heteroatoms. The first-order valence-corrected chi connectivity index (χ1v) is 8.33. The van der Waals surface area contributed by atoms with Crippen LogP contribution in [-0.2, 0) is 0 Å². The predicted octanol–water partition coefficient (Wildman–Crippen LogP) is 2.78. The molecule has 1 aliphatic rings. The smallest absolute Gasteiger partial charge is 0.251 e. The minimum atomic E-state index is -0.0964. The van der Waals surface area contributed by atoms with Crippen LogP contribution in [0.2, 0.25) is 0 Å². The lowest BCUT2D eigenvalue weighted by Crippen LogP contribution is -2.25. The number of aromatic nitrogens is 1. The molecular formula is C19H21N3O2. The van der Waals surface area contributed by atoms with Crippen molar-refractivity contribution < 1.29 is 9.59 Å². The molecule has 2 aromatic rings. The van der Waals surface area contributed by atoms with Crippen molar-refractivity contribution in [3.63, 3.8) is 0 Å². The van der Waals surface area contributed by atoms with Gasteiger partial charge in [-0.2, -0.15) is 0 Å². The van der Waals surface area contributed by atoms with E-state index in [-0.39, 0.29) is 11.8 Å². The zero-order chi connectivity index (χ0) is 16.9. The molecular weight excluding hydrogens is 302 g/mol. The Morgan fingerprint density at radius 3 is 2.50 bits per heavy atom. The molecule has 0 bridgehead atoms. The fourth-order valence-corrected chi connectivity index (χ4v) is 2.36. The Morgan fingerprint density at radius 2 is 1.83 bits per heavy atom. The van der Waals surface area contributed by atoms with E-state index in [1.807, 2.05) is 19.1 Å². The van der Waals surface area contributed by atoms with E-state index in [2.05, 4.69) is 15.6 Å². The molecule has 0 saturated heterocycles. The molecule has 0 radical (unpaired) electrons. The molecule has 0 unspecified atom stereocenters. The Balaban J connectivity index is 1.73. The van der Waals surface area contributed by atoms with Gasteiger partial charge < -0.3 is 10.6 Å². The number of nitrogens with zero attached hydrogens (tertiary/aromatic N) is 1. The average Bonchev–Trinajstić information content (AvgIpc) is 3.44. The molecule has 2 amide bonds. The molecule has 1 saturated carbocycles. The first kappa shape index (κ1) is 16.2. The zero-order valence-electron chi connectivity index (χ0n) is 13.7. The molecule has 2 N–H and O–H groups in total. The monoisotopic (exact) mass is 323 g/mol. The van der Waals surface area contributed by atoms with Crippen molar-refractivity contribution in [2.45, 2.75) is 32.2 Å². The van der Waals surface area contributed by atoms with Crippen LogP contribution >= 0.6 is 0 Å². The van der Waals surface area contributed by atoms with E-state index in [0.717, 1.165) is 24.8 Å². The van der Waals surface area contributed by atoms with Crippen LogP contribution in [0.15, 0.2) is 42.6 Å². The maximum absolute atomic E-state index is 12.0. The molecule has 1 fully saturated rings. The van der Waals surface area contributed by atoms with Gasteiger partial charge in [0, 0.05) is 35.5 Å². The van der Waals surface area contributed by atoms with E-state index >= 15 is 0 Å². The Labute approximate surface area is 141 Å². The van der Waals surface area contributed by atoms with E-state index in [9.17, 15) is 9.59 Å². The van der Waals surface area contributed by atoms with Gasteiger partial charge in [0.25, 0.3) is 11.8 Å². The Bertz CT molecular complexity index is 737. The second-order valence-corrected chi connectivity index (χ2v) is 6.01. The summed E-state index contributed by atoms with van der Waals surface area (Å²) in [6.45, 7) is 2.67. The van der Waals surface area contributed by atoms with Gasteiger partial charge in [0.15, 0.2) is 0 Å². The van der Waals surface area contributed by atoms with E-state index in [0.29, 0.717) is 29.4 Å². The molecule has 3 rings (SSSR count). The maximum atomic E-state index is 12.0. The van der Waals surface area contributed by atoms with Gasteiger partial charge in [0.05, 0.1) is 5.69 Å². The highest BCUT2D eigenvalue weighted by Gasteiger charge is 2.23. The molecule has 1 aliphatic carbocycles. The lowest BCUT2D eigenvalue weighted by atomic mass is 10.1. The Hall–Kier alpha value is -2.69. The number of pyridine rings is 1. The molecule has 1 heterocycles. The summed E-state index contributed by atoms with van der Waals surface area (Å²) in [5.41, 5.74) is 2.82. The Morgan fingerprint density at radius 1 is 1.08 bits per heavy atom. The molecule has 0 atom stereocenters. The summed E-state index contributed by atoms with van der Waals surface area (Å²) in [7, 11) is 0. The number of carbonyl (C=O) groups is 2. The molecule has 0 spiro atoms. The summed E-state index contributed by atoms with van der Waals surface area (Å²) in [5, 5.41) is 5.82. The fraction of sp³-hybridized carbons (Fsp3) is 0.316. The standard InChI is InChI=1S/C19H21N3O2/c1-2-10-21-18(23)15-9-11-20-17(12-15)13-3-5-14(6-4-13)19(24)22-16-7-8-16/h3-6,9,11-12,16H,2,7-8,10H2,1H3,(H,21,23)(H,22,24). The van der Waals surface area contributed by atoms with Crippen LogP contribution in [-0.4, -0.2) is 29.4 Å². The number of amides is 2. The topological polar surface area (TPSA) is 71.1 Å². The predicted molar refractivity (Wildman–Crippen MR) is 92.8 cm³/mol. The van der Waals surface area contributed by atoms with Crippen molar-refractivity contribution in [3.8, 4) is 11.3 Å². The van der Waals surface area contributed by atoms with Crippen molar-refractivity contribution in [1.82, 2.24) is 15.6 Å². The van der Waals surface area contributed by atoms with Crippen LogP contribution in [0, 0.1) is 0 Å². The lowest BCUT2D eigenvalue weighted by Gasteiger charge is -2.07. The van der Waals surface area contributed by atoms with Gasteiger partial charge in [-0.25, -0.2) is 0 Å². The number of benzene rings is 1. The highest BCUT2D eigenvalue weighted by atomic mass is 16.2. The van der Waals surface area contributed by atoms with Crippen LogP contribution in [0.4, 0.5) is 0 Å². The highest BCUT2D eigenvalue weighted by molar-refractivity contribution is 5.96. The van der Waals surface area contributed by atoms with Gasteiger partial charge in [0.2, 0.25) is 0 Å². The fourth-order valence-electron chi connectivity index (χ4n) is 2.36. The van der Waals surface area contributed by atoms with Crippen LogP contribution in [0.1, 0.15) is 46.9 Å². The molecule has 0 aliphatic heterocycles. The van der Waals surface area contributed by atoms with Gasteiger partial charge in [-0.15, -0.1) is 0 Å². The molecule has 24 heavy (non-hydrogen) atoms. The van der Waals surface area contributed by atoms with Crippen molar-refractivity contribution in [2.75, 3.05) is 6.54 Å². The van der Waals surface area contributed by atoms with E-state index in [4.69, 9.17) is 0 Å². The number of hydrogen-bond acceptors (Lipinski definition) is 3. The van der Waals surface area contributed by atoms with Crippen molar-refractivity contribution in [3.05, 3.63) is 53.7 Å². The van der Waals surface area contributed by atoms with E-state index < -0.39 is 0 Å². The highest BCUT2D eigenvalue weighted by Crippen LogP contribution is 2.21. The van der Waals surface area contributed by atoms with Crippen molar-refractivity contribution in [2.24, 2.45) is 0 Å². The zero-order valence-corrected chi connectivity index (χ0v) is 13.7. The number of nitrogens with one attached hydrogen (secondary N) is 2. The van der Waals surface area contributed by atoms with Crippen LogP contribution in [0.3, 0.4) is 0 Å². The summed E-state index contributed by atoms with van der Waals surface area (Å²) >= 11 is 0. The third-order valence-electron chi connectivity index (χ3n) is 3.91. The van der Waals surface area contributed by atoms with Crippen LogP contribution in [0.5, 0.6) is 0 Å². The van der Waals surface area contributed by atoms with Gasteiger partial charge in [0.1, 0.15) is 0 Å². The second-order valence-electron chi connectivity index (χ2n) is 6.01. The van der Waals surface area contributed by atoms with Crippen molar-refractivity contribution >= 4 is 11.8 Å². The SMILES string of the molecule is CCCNC(=O)c1ccnc(-c2ccc(C(=O)NC3CC3)cc2)c1. The third-order valence-corrected chi connectivity index (χ3v) is 3.91. The normalized spacial score (nSPS) is 13.4. The van der Waals surface area contributed by atoms with Gasteiger partial charge in [-0.3, -0.25) is 14.6 Å². The minimum Gasteiger partial charge on any atom is -0.352 e. The third kappa shape index (κ3) is 3.98. The quantitative estimate of drug-likeness (QED) is 0.859. The first-order valence-electron chi connectivity index (χ1n) is 8.33. The molecule has 124 valence electrons. The van der Waals surface area contributed by atoms with E-state index in [1.165, 1.54) is 0 Å². The summed E-state index contributed by atoms with van der Waals surface area (Å²) < 4.78 is 0. The summed E-state index contributed by atoms with van der Waals surface area (Å²) in [6.07, 6.45) is 4.67. The lowest BCUT2D eigenvalue weighted by molar-refractivity contribution is 0.0944. The van der Waals surface area contributed by atoms with Gasteiger partial charge >= 0.3 is 0 Å².